The molecule has 0 spiro atoms. The van der Waals surface area contributed by atoms with Crippen molar-refractivity contribution in [2.24, 2.45) is 0 Å². The second-order valence-electron chi connectivity index (χ2n) is 4.97. The number of aliphatic hydroxyl groups excluding tert-OH is 1. The number of hydrogen-bond acceptors (Lipinski definition) is 9. The van der Waals surface area contributed by atoms with Crippen LogP contribution in [-0.4, -0.2) is 54.4 Å². The number of ether oxygens (including phenoxy) is 1. The average Bonchev–Trinajstić information content (AvgIpc) is 3.01. The van der Waals surface area contributed by atoms with E-state index in [0.29, 0.717) is 11.2 Å². The summed E-state index contributed by atoms with van der Waals surface area (Å²) in [6.45, 7) is -3.28. The van der Waals surface area contributed by atoms with Gasteiger partial charge < -0.3 is 25.0 Å². The molecule has 2 aliphatic rings. The van der Waals surface area contributed by atoms with Crippen molar-refractivity contribution in [3.8, 4) is 0 Å². The third-order valence-corrected chi connectivity index (χ3v) is 5.19. The minimum absolute atomic E-state index is 0.0513. The maximum absolute atomic E-state index is 10.4. The van der Waals surface area contributed by atoms with Crippen LogP contribution in [-0.2, 0) is 25.6 Å². The maximum atomic E-state index is 10.4. The van der Waals surface area contributed by atoms with Crippen LogP contribution in [0, 0.1) is 0 Å². The Balaban J connectivity index is 1.71. The summed E-state index contributed by atoms with van der Waals surface area (Å²) in [5.41, 5.74) is 6.58. The lowest BCUT2D eigenvalue weighted by molar-refractivity contribution is -0.0593. The Kier molecular flexibility index (Phi) is 3.20. The monoisotopic (exact) mass is 345 g/mol. The first-order valence-corrected chi connectivity index (χ1v) is 8.97. The van der Waals surface area contributed by atoms with Gasteiger partial charge in [-0.05, 0) is 11.8 Å². The van der Waals surface area contributed by atoms with Gasteiger partial charge >= 0.3 is 6.72 Å². The van der Waals surface area contributed by atoms with Crippen molar-refractivity contribution < 1.29 is 23.8 Å². The van der Waals surface area contributed by atoms with Crippen LogP contribution >= 0.6 is 6.72 Å². The van der Waals surface area contributed by atoms with Crippen LogP contribution in [0.15, 0.2) is 12.7 Å². The third kappa shape index (κ3) is 2.14. The molecule has 2 aromatic rings. The van der Waals surface area contributed by atoms with E-state index in [2.05, 4.69) is 15.0 Å². The van der Waals surface area contributed by atoms with E-state index in [9.17, 15) is 10.00 Å². The molecule has 2 aliphatic heterocycles. The predicted molar refractivity (Wildman–Crippen MR) is 77.0 cm³/mol. The summed E-state index contributed by atoms with van der Waals surface area (Å²) in [5, 5.41) is 10.4. The molecule has 5 atom stereocenters. The molecule has 0 bridgehead atoms. The molecule has 12 heteroatoms. The first-order chi connectivity index (χ1) is 10.5. The number of nitrogens with two attached hydrogens (primary N) is 1. The van der Waals surface area contributed by atoms with Crippen molar-refractivity contribution in [3.05, 3.63) is 12.7 Å². The number of fused-ring (bicyclic) bond motifs is 2. The fourth-order valence-electron chi connectivity index (χ4n) is 2.62. The van der Waals surface area contributed by atoms with Crippen LogP contribution in [0.1, 0.15) is 6.23 Å². The minimum atomic E-state index is -3.33. The fraction of sp³-hybridized carbons (Fsp3) is 0.500. The normalized spacial score (nSPS) is 38.3. The van der Waals surface area contributed by atoms with Crippen LogP contribution in [0.3, 0.4) is 0 Å². The Morgan fingerprint density at radius 3 is 3.05 bits per heavy atom. The van der Waals surface area contributed by atoms with Gasteiger partial charge in [0.1, 0.15) is 30.2 Å². The highest BCUT2D eigenvalue weighted by molar-refractivity contribution is 8.07. The lowest BCUT2D eigenvalue weighted by Gasteiger charge is -2.30. The number of rotatable bonds is 1. The van der Waals surface area contributed by atoms with Crippen LogP contribution < -0.4 is 5.73 Å². The van der Waals surface area contributed by atoms with E-state index in [1.54, 1.807) is 4.57 Å². The summed E-state index contributed by atoms with van der Waals surface area (Å²) in [7, 11) is 0. The summed E-state index contributed by atoms with van der Waals surface area (Å²) in [4.78, 5) is 21.8. The van der Waals surface area contributed by atoms with Crippen molar-refractivity contribution >= 4 is 35.5 Å². The highest BCUT2D eigenvalue weighted by Crippen LogP contribution is 2.52. The van der Waals surface area contributed by atoms with E-state index in [-0.39, 0.29) is 12.4 Å². The van der Waals surface area contributed by atoms with Crippen LogP contribution in [0.2, 0.25) is 0 Å². The predicted octanol–water partition coefficient (Wildman–Crippen LogP) is -0.701. The van der Waals surface area contributed by atoms with Gasteiger partial charge in [-0.1, -0.05) is 0 Å². The van der Waals surface area contributed by atoms with Crippen molar-refractivity contribution in [3.63, 3.8) is 0 Å². The van der Waals surface area contributed by atoms with Crippen molar-refractivity contribution in [1.29, 1.82) is 0 Å². The Labute approximate surface area is 129 Å². The number of aliphatic hydroxyl groups is 1. The standard InChI is InChI=1S/C10H12N5O5PS/c11-8-5-9(13-2-12-8)15(3-14-5)10-6(16)7-4(19-10)1-18-21(17,22)20-7/h2-4,6-7,10,16H,1H2,(H,17,22)(H2,11,12,13)/t4?,6-,7?,10-,21?/m1/s1. The molecule has 4 rings (SSSR count). The largest absolute Gasteiger partial charge is 0.386 e. The van der Waals surface area contributed by atoms with Gasteiger partial charge in [0.25, 0.3) is 0 Å². The number of aromatic nitrogens is 4. The van der Waals surface area contributed by atoms with E-state index in [4.69, 9.17) is 31.3 Å². The molecule has 118 valence electrons. The Morgan fingerprint density at radius 2 is 2.23 bits per heavy atom. The maximum Gasteiger partial charge on any atom is 0.325 e. The van der Waals surface area contributed by atoms with Crippen LogP contribution in [0.25, 0.3) is 11.2 Å². The average molecular weight is 345 g/mol. The number of nitrogens with zero attached hydrogens (tertiary/aromatic N) is 4. The van der Waals surface area contributed by atoms with Crippen molar-refractivity contribution in [2.45, 2.75) is 24.5 Å². The van der Waals surface area contributed by atoms with E-state index >= 15 is 0 Å². The quantitative estimate of drug-likeness (QED) is 0.569. The van der Waals surface area contributed by atoms with Gasteiger partial charge in [0.15, 0.2) is 17.7 Å². The molecule has 0 aliphatic carbocycles. The number of hydrogen-bond donors (Lipinski definition) is 3. The molecule has 22 heavy (non-hydrogen) atoms. The van der Waals surface area contributed by atoms with Gasteiger partial charge in [-0.3, -0.25) is 9.09 Å². The zero-order chi connectivity index (χ0) is 15.5. The molecule has 2 aromatic heterocycles. The molecule has 10 nitrogen and oxygen atoms in total. The first kappa shape index (κ1) is 14.4. The Bertz CT molecular complexity index is 786. The second-order valence-corrected chi connectivity index (χ2v) is 7.76. The number of nitrogen functional groups attached to an aromatic ring is 1. The van der Waals surface area contributed by atoms with Gasteiger partial charge in [0.2, 0.25) is 0 Å². The molecular weight excluding hydrogens is 333 g/mol. The lowest BCUT2D eigenvalue weighted by atomic mass is 10.1. The van der Waals surface area contributed by atoms with Crippen molar-refractivity contribution in [1.82, 2.24) is 19.5 Å². The Morgan fingerprint density at radius 1 is 1.41 bits per heavy atom. The molecular formula is C10H12N5O5PS. The minimum Gasteiger partial charge on any atom is -0.386 e. The van der Waals surface area contributed by atoms with Gasteiger partial charge in [-0.25, -0.2) is 15.0 Å². The lowest BCUT2D eigenvalue weighted by Crippen LogP contribution is -2.39. The van der Waals surface area contributed by atoms with E-state index in [1.807, 2.05) is 0 Å². The summed E-state index contributed by atoms with van der Waals surface area (Å²) < 4.78 is 17.6. The number of imidazole rings is 1. The third-order valence-electron chi connectivity index (χ3n) is 3.63. The highest BCUT2D eigenvalue weighted by Gasteiger charge is 2.51. The van der Waals surface area contributed by atoms with Crippen LogP contribution in [0.4, 0.5) is 5.82 Å². The summed E-state index contributed by atoms with van der Waals surface area (Å²) in [6.07, 6.45) is -0.414. The molecule has 3 unspecified atom stereocenters. The second kappa shape index (κ2) is 4.90. The van der Waals surface area contributed by atoms with E-state index in [1.165, 1.54) is 12.7 Å². The molecule has 0 aromatic carbocycles. The molecule has 0 radical (unpaired) electrons. The van der Waals surface area contributed by atoms with Crippen molar-refractivity contribution in [2.75, 3.05) is 12.3 Å². The molecule has 0 saturated carbocycles. The molecule has 4 N–H and O–H groups in total. The smallest absolute Gasteiger partial charge is 0.325 e. The topological polar surface area (TPSA) is 138 Å². The highest BCUT2D eigenvalue weighted by atomic mass is 32.5. The summed E-state index contributed by atoms with van der Waals surface area (Å²) in [6, 6.07) is 0. The van der Waals surface area contributed by atoms with Crippen LogP contribution in [0.5, 0.6) is 0 Å². The Hall–Kier alpha value is -1.20. The first-order valence-electron chi connectivity index (χ1n) is 6.38. The fourth-order valence-corrected chi connectivity index (χ4v) is 4.07. The van der Waals surface area contributed by atoms with E-state index in [0.717, 1.165) is 0 Å². The molecule has 2 saturated heterocycles. The zero-order valence-electron chi connectivity index (χ0n) is 11.0. The van der Waals surface area contributed by atoms with Gasteiger partial charge in [-0.2, -0.15) is 0 Å². The van der Waals surface area contributed by atoms with Gasteiger partial charge in [0.05, 0.1) is 12.9 Å². The molecule has 0 amide bonds. The molecule has 2 fully saturated rings. The van der Waals surface area contributed by atoms with Gasteiger partial charge in [0, 0.05) is 0 Å². The zero-order valence-corrected chi connectivity index (χ0v) is 12.7. The summed E-state index contributed by atoms with van der Waals surface area (Å²) in [5.74, 6) is 0.235. The summed E-state index contributed by atoms with van der Waals surface area (Å²) >= 11 is 4.80. The number of anilines is 1. The van der Waals surface area contributed by atoms with Gasteiger partial charge in [-0.15, -0.1) is 0 Å². The SMILES string of the molecule is Nc1ncnc2c1ncn2[C@@H]1OC2COP(O)(=S)OC2[C@H]1O. The van der Waals surface area contributed by atoms with E-state index < -0.39 is 31.3 Å². The molecule has 4 heterocycles.